The average molecular weight is 92.1 g/mol. The normalized spacial score (nSPS) is 2.00. The van der Waals surface area contributed by atoms with Gasteiger partial charge in [-0.15, -0.1) is 13.2 Å². The predicted molar refractivity (Wildman–Crippen MR) is 26.9 cm³/mol. The molecule has 0 rings (SSSR count). The minimum absolute atomic E-state index is 2.56. The Morgan fingerprint density at radius 3 is 1.25 bits per heavy atom. The first-order valence-electron chi connectivity index (χ1n) is 0.704. The van der Waals surface area contributed by atoms with Gasteiger partial charge < -0.3 is 0 Å². The van der Waals surface area contributed by atoms with Gasteiger partial charge in [0, 0.05) is 0 Å². The Morgan fingerprint density at radius 1 is 1.25 bits per heavy atom. The summed E-state index contributed by atoms with van der Waals surface area (Å²) in [7, 11) is 2.56. The van der Waals surface area contributed by atoms with Crippen LogP contribution in [0, 0.1) is 0 Å². The van der Waals surface area contributed by atoms with Crippen LogP contribution in [-0.2, 0) is 11.8 Å². The van der Waals surface area contributed by atoms with Gasteiger partial charge >= 0.3 is 0 Å². The molecule has 24 valence electrons. The standard InChI is InChI=1S/C2H4.HPS/c2*1-2/h1-2H2;1H. The number of hydrogen-bond donors (Lipinski definition) is 0. The van der Waals surface area contributed by atoms with Crippen LogP contribution in [0.25, 0.3) is 0 Å². The zero-order valence-corrected chi connectivity index (χ0v) is 4.14. The van der Waals surface area contributed by atoms with Crippen LogP contribution in [0.5, 0.6) is 0 Å². The van der Waals surface area contributed by atoms with Crippen molar-refractivity contribution in [1.82, 2.24) is 0 Å². The molecule has 0 radical (unpaired) electrons. The maximum Gasteiger partial charge on any atom is -0.0437 e. The van der Waals surface area contributed by atoms with Gasteiger partial charge in [-0.2, -0.15) is 0 Å². The van der Waals surface area contributed by atoms with E-state index < -0.39 is 0 Å². The third kappa shape index (κ3) is 53.1. The Kier molecular flexibility index (Phi) is 546. The van der Waals surface area contributed by atoms with Crippen LogP contribution in [-0.4, -0.2) is 0 Å². The van der Waals surface area contributed by atoms with Gasteiger partial charge in [-0.1, -0.05) is 11.8 Å². The third-order valence-electron chi connectivity index (χ3n) is 0. The minimum atomic E-state index is 2.56. The Bertz CT molecular complexity index is 8.00. The second-order valence-electron chi connectivity index (χ2n) is 0. The Labute approximate surface area is 33.8 Å². The lowest BCUT2D eigenvalue weighted by Gasteiger charge is -0.813. The lowest BCUT2D eigenvalue weighted by molar-refractivity contribution is 2.81. The fourth-order valence-electron chi connectivity index (χ4n) is 0. The molecule has 0 saturated heterocycles. The molecule has 0 aromatic rings. The van der Waals surface area contributed by atoms with E-state index in [2.05, 4.69) is 33.0 Å². The van der Waals surface area contributed by atoms with Crippen LogP contribution < -0.4 is 0 Å². The summed E-state index contributed by atoms with van der Waals surface area (Å²) >= 11 is 3.89. The molecular weight excluding hydrogens is 87.1 g/mol. The summed E-state index contributed by atoms with van der Waals surface area (Å²) in [6, 6.07) is 0. The highest BCUT2D eigenvalue weighted by Gasteiger charge is 0.655. The summed E-state index contributed by atoms with van der Waals surface area (Å²) in [5.41, 5.74) is 0. The fourth-order valence-corrected chi connectivity index (χ4v) is 0. The van der Waals surface area contributed by atoms with E-state index in [9.17, 15) is 0 Å². The van der Waals surface area contributed by atoms with E-state index in [-0.39, 0.29) is 0 Å². The largest absolute Gasteiger partial charge is 0.106 e. The van der Waals surface area contributed by atoms with Gasteiger partial charge in [-0.25, -0.2) is 0 Å². The van der Waals surface area contributed by atoms with E-state index in [0.717, 1.165) is 0 Å². The molecule has 2 heteroatoms. The maximum absolute atomic E-state index is 3.89. The number of rotatable bonds is 0. The fraction of sp³-hybridized carbons (Fsp3) is 0. The van der Waals surface area contributed by atoms with E-state index in [1.54, 1.807) is 0 Å². The highest BCUT2D eigenvalue weighted by atomic mass is 32.4. The van der Waals surface area contributed by atoms with Crippen LogP contribution in [0.15, 0.2) is 13.2 Å². The average Bonchev–Trinajstić information content (AvgIpc) is 1.50. The summed E-state index contributed by atoms with van der Waals surface area (Å²) in [6.07, 6.45) is 0. The van der Waals surface area contributed by atoms with Crippen LogP contribution >= 0.6 is 8.02 Å². The first-order chi connectivity index (χ1) is 2.00. The van der Waals surface area contributed by atoms with Gasteiger partial charge in [0.1, 0.15) is 0 Å². The smallest absolute Gasteiger partial charge is 0.0437 e. The molecular formula is C2H5PS. The Balaban J connectivity index is 0. The molecule has 4 heavy (non-hydrogen) atoms. The van der Waals surface area contributed by atoms with E-state index in [1.807, 2.05) is 0 Å². The van der Waals surface area contributed by atoms with Crippen molar-refractivity contribution in [2.75, 3.05) is 0 Å². The summed E-state index contributed by atoms with van der Waals surface area (Å²) in [4.78, 5) is 0. The summed E-state index contributed by atoms with van der Waals surface area (Å²) in [5.74, 6) is 0. The van der Waals surface area contributed by atoms with Crippen molar-refractivity contribution >= 4 is 19.8 Å². The summed E-state index contributed by atoms with van der Waals surface area (Å²) < 4.78 is 0. The van der Waals surface area contributed by atoms with Crippen molar-refractivity contribution in [2.45, 2.75) is 0 Å². The molecule has 0 fully saturated rings. The Morgan fingerprint density at radius 2 is 1.25 bits per heavy atom. The van der Waals surface area contributed by atoms with E-state index in [1.165, 1.54) is 0 Å². The topological polar surface area (TPSA) is 0 Å². The summed E-state index contributed by atoms with van der Waals surface area (Å²) in [6.45, 7) is 6.00. The molecule has 0 bridgehead atoms. The highest BCUT2D eigenvalue weighted by molar-refractivity contribution is 7.88. The van der Waals surface area contributed by atoms with Gasteiger partial charge in [-0.05, 0) is 8.02 Å². The van der Waals surface area contributed by atoms with Crippen molar-refractivity contribution in [3.8, 4) is 0 Å². The van der Waals surface area contributed by atoms with E-state index in [0.29, 0.717) is 0 Å². The molecule has 0 N–H and O–H groups in total. The van der Waals surface area contributed by atoms with Gasteiger partial charge in [0.2, 0.25) is 0 Å². The number of hydrogen-bond acceptors (Lipinski definition) is 1. The molecule has 0 unspecified atom stereocenters. The monoisotopic (exact) mass is 92.0 g/mol. The van der Waals surface area contributed by atoms with Gasteiger partial charge in [0.15, 0.2) is 0 Å². The van der Waals surface area contributed by atoms with Crippen LogP contribution in [0.4, 0.5) is 0 Å². The van der Waals surface area contributed by atoms with Crippen molar-refractivity contribution in [2.24, 2.45) is 0 Å². The molecule has 0 aliphatic heterocycles. The zero-order chi connectivity index (χ0) is 4.00. The molecule has 0 amide bonds. The van der Waals surface area contributed by atoms with Crippen LogP contribution in [0.1, 0.15) is 0 Å². The molecule has 0 saturated carbocycles. The lowest BCUT2D eigenvalue weighted by Crippen LogP contribution is -0.552. The van der Waals surface area contributed by atoms with Gasteiger partial charge in [-0.3, -0.25) is 0 Å². The molecule has 0 aromatic carbocycles. The summed E-state index contributed by atoms with van der Waals surface area (Å²) in [5, 5.41) is 0. The molecule has 0 heterocycles. The van der Waals surface area contributed by atoms with E-state index in [4.69, 9.17) is 0 Å². The van der Waals surface area contributed by atoms with Gasteiger partial charge in [0.25, 0.3) is 0 Å². The second kappa shape index (κ2) is 246. The van der Waals surface area contributed by atoms with Crippen LogP contribution in [0.2, 0.25) is 0 Å². The third-order valence-corrected chi connectivity index (χ3v) is 0. The van der Waals surface area contributed by atoms with E-state index >= 15 is 0 Å². The zero-order valence-electron chi connectivity index (χ0n) is 2.32. The SMILES string of the molecule is C=C.P=S. The molecule has 0 nitrogen and oxygen atoms in total. The highest BCUT2D eigenvalue weighted by Crippen LogP contribution is 1.26. The maximum atomic E-state index is 3.89. The molecule has 0 aliphatic rings. The lowest BCUT2D eigenvalue weighted by atomic mass is 11.3. The van der Waals surface area contributed by atoms with Crippen LogP contribution in [0.3, 0.4) is 0 Å². The molecule has 0 spiro atoms. The quantitative estimate of drug-likeness (QED) is 0.321. The molecule has 0 aliphatic carbocycles. The van der Waals surface area contributed by atoms with Crippen molar-refractivity contribution < 1.29 is 0 Å². The molecule has 0 atom stereocenters. The second-order valence-corrected chi connectivity index (χ2v) is 0. The van der Waals surface area contributed by atoms with Gasteiger partial charge in [0.05, 0.1) is 0 Å². The molecule has 0 aromatic heterocycles. The predicted octanol–water partition coefficient (Wildman–Crippen LogP) is 1.39. The van der Waals surface area contributed by atoms with Crippen molar-refractivity contribution in [3.63, 3.8) is 0 Å². The van der Waals surface area contributed by atoms with Crippen molar-refractivity contribution in [1.29, 1.82) is 0 Å². The first kappa shape index (κ1) is 8.86. The minimum Gasteiger partial charge on any atom is -0.106 e. The first-order valence-corrected chi connectivity index (χ1v) is 2.34. The Hall–Kier alpha value is 0.260. The van der Waals surface area contributed by atoms with Crippen molar-refractivity contribution in [3.05, 3.63) is 13.2 Å².